The van der Waals surface area contributed by atoms with Crippen LogP contribution in [-0.4, -0.2) is 20.2 Å². The number of sulfone groups is 2. The monoisotopic (exact) mass is 662 g/mol. The van der Waals surface area contributed by atoms with Crippen LogP contribution in [0, 0.1) is 0 Å². The van der Waals surface area contributed by atoms with Crippen molar-refractivity contribution in [2.24, 2.45) is 0 Å². The van der Waals surface area contributed by atoms with Crippen LogP contribution >= 0.6 is 11.8 Å². The molecule has 0 heterocycles. The third-order valence-electron chi connectivity index (χ3n) is 7.44. The van der Waals surface area contributed by atoms with Crippen LogP contribution in [0.2, 0.25) is 0 Å². The van der Waals surface area contributed by atoms with Crippen LogP contribution in [0.25, 0.3) is 0 Å². The van der Waals surface area contributed by atoms with E-state index in [0.717, 1.165) is 37.4 Å². The molecule has 3 rings (SSSR count). The van der Waals surface area contributed by atoms with Crippen molar-refractivity contribution in [2.45, 2.75) is 91.2 Å². The molecule has 7 heteroatoms. The van der Waals surface area contributed by atoms with Gasteiger partial charge in [-0.25, -0.2) is 16.8 Å². The van der Waals surface area contributed by atoms with Crippen molar-refractivity contribution in [2.75, 3.05) is 0 Å². The molecule has 0 unspecified atom stereocenters. The molecule has 240 valence electrons. The first-order chi connectivity index (χ1) is 21.4. The molecule has 0 amide bonds. The third-order valence-corrected chi connectivity index (χ3v) is 15.0. The fraction of sp³-hybridized carbons (Fsp3) is 0.316. The van der Waals surface area contributed by atoms with E-state index in [1.54, 1.807) is 60.7 Å². The summed E-state index contributed by atoms with van der Waals surface area (Å²) in [4.78, 5) is 0.453. The predicted molar refractivity (Wildman–Crippen MR) is 191 cm³/mol. The first-order valence-corrected chi connectivity index (χ1v) is 19.1. The normalized spacial score (nSPS) is 13.5. The third kappa shape index (κ3) is 9.93. The zero-order valence-corrected chi connectivity index (χ0v) is 29.5. The molecule has 0 aliphatic heterocycles. The van der Waals surface area contributed by atoms with Crippen molar-refractivity contribution in [3.8, 4) is 0 Å². The molecule has 0 bridgehead atoms. The lowest BCUT2D eigenvalue weighted by Gasteiger charge is -2.31. The van der Waals surface area contributed by atoms with Gasteiger partial charge >= 0.3 is 0 Å². The highest BCUT2D eigenvalue weighted by atomic mass is 32.3. The highest BCUT2D eigenvalue weighted by Crippen LogP contribution is 2.49. The summed E-state index contributed by atoms with van der Waals surface area (Å²) in [5.74, 6) is 0. The zero-order chi connectivity index (χ0) is 32.9. The van der Waals surface area contributed by atoms with Crippen LogP contribution < -0.4 is 0 Å². The van der Waals surface area contributed by atoms with Gasteiger partial charge in [0.05, 0.1) is 9.79 Å². The lowest BCUT2D eigenvalue weighted by Crippen LogP contribution is -2.42. The topological polar surface area (TPSA) is 68.3 Å². The molecular formula is C38H46O4S3. The van der Waals surface area contributed by atoms with E-state index in [1.165, 1.54) is 47.1 Å². The van der Waals surface area contributed by atoms with Gasteiger partial charge in [0.15, 0.2) is 0 Å². The van der Waals surface area contributed by atoms with Crippen molar-refractivity contribution >= 4 is 31.4 Å². The van der Waals surface area contributed by atoms with Crippen LogP contribution in [0.4, 0.5) is 0 Å². The Balaban J connectivity index is 1.97. The quantitative estimate of drug-likeness (QED) is 0.113. The predicted octanol–water partition coefficient (Wildman–Crippen LogP) is 10.5. The summed E-state index contributed by atoms with van der Waals surface area (Å²) in [7, 11) is -8.92. The van der Waals surface area contributed by atoms with E-state index in [9.17, 15) is 16.8 Å². The second-order valence-electron chi connectivity index (χ2n) is 11.6. The molecule has 0 aromatic heterocycles. The van der Waals surface area contributed by atoms with Crippen LogP contribution in [0.3, 0.4) is 0 Å². The van der Waals surface area contributed by atoms with Gasteiger partial charge in [-0.2, -0.15) is 0 Å². The number of benzene rings is 3. The summed E-state index contributed by atoms with van der Waals surface area (Å²) in [5.41, 5.74) is 4.69. The van der Waals surface area contributed by atoms with E-state index in [2.05, 4.69) is 45.9 Å². The maximum atomic E-state index is 14.6. The molecule has 4 nitrogen and oxygen atoms in total. The van der Waals surface area contributed by atoms with Crippen molar-refractivity contribution in [3.05, 3.63) is 138 Å². The summed E-state index contributed by atoms with van der Waals surface area (Å²) < 4.78 is 56.1. The van der Waals surface area contributed by atoms with E-state index < -0.39 is 23.1 Å². The van der Waals surface area contributed by atoms with Gasteiger partial charge in [-0.1, -0.05) is 107 Å². The maximum Gasteiger partial charge on any atom is 0.249 e. The van der Waals surface area contributed by atoms with E-state index in [-0.39, 0.29) is 9.79 Å². The summed E-state index contributed by atoms with van der Waals surface area (Å²) >= 11 is 0.851. The molecule has 0 saturated heterocycles. The summed E-state index contributed by atoms with van der Waals surface area (Å²) in [5, 5.41) is 0. The van der Waals surface area contributed by atoms with E-state index in [4.69, 9.17) is 0 Å². The second-order valence-corrected chi connectivity index (χ2v) is 18.0. The molecule has 3 aromatic rings. The van der Waals surface area contributed by atoms with Crippen LogP contribution in [0.5, 0.6) is 0 Å². The minimum atomic E-state index is -4.46. The largest absolute Gasteiger partial charge is 0.249 e. The van der Waals surface area contributed by atoms with Gasteiger partial charge < -0.3 is 0 Å². The number of hydrogen-bond donors (Lipinski definition) is 0. The maximum absolute atomic E-state index is 14.6. The van der Waals surface area contributed by atoms with E-state index in [0.29, 0.717) is 23.3 Å². The Labute approximate surface area is 275 Å². The Bertz CT molecular complexity index is 1640. The lowest BCUT2D eigenvalue weighted by atomic mass is 10.0. The van der Waals surface area contributed by atoms with Crippen molar-refractivity contribution in [1.29, 1.82) is 0 Å². The Hall–Kier alpha value is -3.13. The standard InChI is InChI=1S/C38H46O4S3/c1-31(2)18-15-19-32(3)20-16-21-33(4)22-17-23-34(5)30-38(43-35-24-9-6-10-25-35,44(39,40)36-26-11-7-12-27-36)45(41,42)37-28-13-8-14-29-37/h6-14,18,20,22,24-30H,15-17,19,21,23H2,1-5H3. The summed E-state index contributed by atoms with van der Waals surface area (Å²) in [6.45, 7) is 10.4. The van der Waals surface area contributed by atoms with Gasteiger partial charge in [0.25, 0.3) is 0 Å². The molecule has 0 N–H and O–H groups in total. The van der Waals surface area contributed by atoms with Gasteiger partial charge in [0.1, 0.15) is 0 Å². The van der Waals surface area contributed by atoms with Gasteiger partial charge in [-0.15, -0.1) is 0 Å². The molecule has 0 spiro atoms. The molecular weight excluding hydrogens is 617 g/mol. The number of allylic oxidation sites excluding steroid dienone is 7. The van der Waals surface area contributed by atoms with Crippen LogP contribution in [0.15, 0.2) is 152 Å². The average molecular weight is 663 g/mol. The molecule has 0 fully saturated rings. The summed E-state index contributed by atoms with van der Waals surface area (Å²) in [6, 6.07) is 24.6. The minimum absolute atomic E-state index is 0.0445. The lowest BCUT2D eigenvalue weighted by molar-refractivity contribution is 0.577. The van der Waals surface area contributed by atoms with Gasteiger partial charge in [0, 0.05) is 4.90 Å². The van der Waals surface area contributed by atoms with E-state index in [1.807, 2.05) is 13.0 Å². The second kappa shape index (κ2) is 17.0. The van der Waals surface area contributed by atoms with Crippen molar-refractivity contribution in [1.82, 2.24) is 0 Å². The first kappa shape index (κ1) is 36.3. The Kier molecular flexibility index (Phi) is 13.7. The van der Waals surface area contributed by atoms with Crippen molar-refractivity contribution in [3.63, 3.8) is 0 Å². The first-order valence-electron chi connectivity index (χ1n) is 15.4. The molecule has 0 atom stereocenters. The van der Waals surface area contributed by atoms with E-state index >= 15 is 0 Å². The number of hydrogen-bond acceptors (Lipinski definition) is 5. The Morgan fingerprint density at radius 3 is 1.36 bits per heavy atom. The number of thioether (sulfide) groups is 1. The highest BCUT2D eigenvalue weighted by Gasteiger charge is 2.56. The number of rotatable bonds is 16. The smallest absolute Gasteiger partial charge is 0.221 e. The van der Waals surface area contributed by atoms with Gasteiger partial charge in [0.2, 0.25) is 23.1 Å². The zero-order valence-electron chi connectivity index (χ0n) is 27.1. The molecule has 45 heavy (non-hydrogen) atoms. The fourth-order valence-corrected chi connectivity index (χ4v) is 11.9. The molecule has 0 aliphatic rings. The Morgan fingerprint density at radius 2 is 0.933 bits per heavy atom. The van der Waals surface area contributed by atoms with Crippen molar-refractivity contribution < 1.29 is 16.8 Å². The Morgan fingerprint density at radius 1 is 0.556 bits per heavy atom. The van der Waals surface area contributed by atoms with Gasteiger partial charge in [-0.3, -0.25) is 0 Å². The summed E-state index contributed by atoms with van der Waals surface area (Å²) in [6.07, 6.45) is 13.5. The van der Waals surface area contributed by atoms with Crippen LogP contribution in [0.1, 0.15) is 73.1 Å². The average Bonchev–Trinajstić information content (AvgIpc) is 3.01. The minimum Gasteiger partial charge on any atom is -0.221 e. The molecule has 0 saturated carbocycles. The van der Waals surface area contributed by atoms with Crippen LogP contribution in [-0.2, 0) is 19.7 Å². The molecule has 0 aliphatic carbocycles. The molecule has 3 aromatic carbocycles. The molecule has 0 radical (unpaired) electrons. The van der Waals surface area contributed by atoms with Gasteiger partial charge in [-0.05, 0) is 116 Å². The fourth-order valence-electron chi connectivity index (χ4n) is 4.88. The SMILES string of the molecule is CC(C)=CCCC(C)=CCCC(C)=CCCC(C)=CC(Sc1ccccc1)(S(=O)(=O)c1ccccc1)S(=O)(=O)c1ccccc1. The highest BCUT2D eigenvalue weighted by molar-refractivity contribution is 8.29.